The molecule has 3 N–H and O–H groups in total. The fraction of sp³-hybridized carbons (Fsp3) is 0.286. The molecule has 2 aromatic carbocycles. The summed E-state index contributed by atoms with van der Waals surface area (Å²) in [6.07, 6.45) is 3.59. The number of aryl methyl sites for hydroxylation is 2. The Hall–Kier alpha value is -2.95. The van der Waals surface area contributed by atoms with Crippen molar-refractivity contribution in [3.05, 3.63) is 58.8 Å². The Kier molecular flexibility index (Phi) is 4.89. The van der Waals surface area contributed by atoms with E-state index in [0.717, 1.165) is 35.0 Å². The maximum absolute atomic E-state index is 11.7. The maximum atomic E-state index is 11.7. The number of carbonyl (C=O) groups is 1. The molecule has 1 heterocycles. The number of carboxylic acids is 1. The number of hydrogen-bond acceptors (Lipinski definition) is 3. The topological polar surface area (TPSA) is 77.5 Å². The van der Waals surface area contributed by atoms with Crippen LogP contribution in [0.15, 0.2) is 36.5 Å². The number of nitrogens with zero attached hydrogens (tertiary/aromatic N) is 1. The number of hydrogen-bond donors (Lipinski definition) is 2. The van der Waals surface area contributed by atoms with Crippen molar-refractivity contribution in [3.8, 4) is 5.75 Å². The Morgan fingerprint density at radius 2 is 2.04 bits per heavy atom. The highest BCUT2D eigenvalue weighted by atomic mass is 16.5. The highest BCUT2D eigenvalue weighted by Crippen LogP contribution is 2.33. The number of benzene rings is 2. The summed E-state index contributed by atoms with van der Waals surface area (Å²) in [4.78, 5) is 11.7. The number of ether oxygens (including phenoxy) is 1. The first-order chi connectivity index (χ1) is 12.5. The minimum absolute atomic E-state index is 0.271. The van der Waals surface area contributed by atoms with Gasteiger partial charge >= 0.3 is 5.97 Å². The van der Waals surface area contributed by atoms with Crippen LogP contribution in [0.5, 0.6) is 5.75 Å². The van der Waals surface area contributed by atoms with Crippen molar-refractivity contribution in [3.63, 3.8) is 0 Å². The second-order valence-corrected chi connectivity index (χ2v) is 6.55. The predicted octanol–water partition coefficient (Wildman–Crippen LogP) is 4.24. The summed E-state index contributed by atoms with van der Waals surface area (Å²) in [6.45, 7) is 4.96. The molecule has 0 amide bonds. The van der Waals surface area contributed by atoms with E-state index >= 15 is 0 Å². The van der Waals surface area contributed by atoms with Crippen molar-refractivity contribution in [1.82, 2.24) is 4.57 Å². The predicted molar refractivity (Wildman–Crippen MR) is 104 cm³/mol. The molecule has 5 nitrogen and oxygen atoms in total. The van der Waals surface area contributed by atoms with Gasteiger partial charge in [-0.2, -0.15) is 0 Å². The standard InChI is InChI=1S/C21H24N2O3/c1-4-9-23-12-14(17-11-15(22)6-8-19(17)23)10-18-16(21(24)25)7-5-13(2)20(18)26-3/h5-8,11-12H,4,9-10,22H2,1-3H3,(H,24,25). The van der Waals surface area contributed by atoms with Gasteiger partial charge in [0.25, 0.3) is 0 Å². The van der Waals surface area contributed by atoms with Crippen LogP contribution in [0.3, 0.4) is 0 Å². The van der Waals surface area contributed by atoms with Crippen molar-refractivity contribution < 1.29 is 14.6 Å². The van der Waals surface area contributed by atoms with Gasteiger partial charge in [-0.1, -0.05) is 13.0 Å². The Morgan fingerprint density at radius 1 is 1.27 bits per heavy atom. The smallest absolute Gasteiger partial charge is 0.336 e. The number of aromatic carboxylic acids is 1. The molecule has 0 fully saturated rings. The quantitative estimate of drug-likeness (QED) is 0.651. The lowest BCUT2D eigenvalue weighted by molar-refractivity contribution is 0.0695. The third-order valence-electron chi connectivity index (χ3n) is 4.71. The lowest BCUT2D eigenvalue weighted by atomic mass is 9.96. The van der Waals surface area contributed by atoms with Crippen LogP contribution in [0.4, 0.5) is 5.69 Å². The monoisotopic (exact) mass is 352 g/mol. The number of methoxy groups -OCH3 is 1. The van der Waals surface area contributed by atoms with Gasteiger partial charge in [-0.05, 0) is 48.7 Å². The van der Waals surface area contributed by atoms with Gasteiger partial charge in [-0.15, -0.1) is 0 Å². The Labute approximate surface area is 153 Å². The van der Waals surface area contributed by atoms with Crippen LogP contribution in [0.2, 0.25) is 0 Å². The molecule has 0 aliphatic carbocycles. The van der Waals surface area contributed by atoms with E-state index in [1.54, 1.807) is 19.2 Å². The summed E-state index contributed by atoms with van der Waals surface area (Å²) in [7, 11) is 1.58. The van der Waals surface area contributed by atoms with Crippen LogP contribution in [0, 0.1) is 6.92 Å². The minimum atomic E-state index is -0.949. The van der Waals surface area contributed by atoms with Crippen LogP contribution in [0.25, 0.3) is 10.9 Å². The third kappa shape index (κ3) is 3.12. The molecular weight excluding hydrogens is 328 g/mol. The highest BCUT2D eigenvalue weighted by molar-refractivity contribution is 5.92. The van der Waals surface area contributed by atoms with E-state index in [1.807, 2.05) is 25.1 Å². The maximum Gasteiger partial charge on any atom is 0.336 e. The summed E-state index contributed by atoms with van der Waals surface area (Å²) in [6, 6.07) is 9.31. The first kappa shape index (κ1) is 17.9. The minimum Gasteiger partial charge on any atom is -0.496 e. The Bertz CT molecular complexity index is 973. The van der Waals surface area contributed by atoms with E-state index in [1.165, 1.54) is 0 Å². The van der Waals surface area contributed by atoms with Crippen LogP contribution in [-0.4, -0.2) is 22.8 Å². The van der Waals surface area contributed by atoms with E-state index in [9.17, 15) is 9.90 Å². The molecule has 0 radical (unpaired) electrons. The number of nitrogens with two attached hydrogens (primary N) is 1. The van der Waals surface area contributed by atoms with E-state index in [2.05, 4.69) is 17.7 Å². The molecule has 0 aliphatic rings. The van der Waals surface area contributed by atoms with Gasteiger partial charge in [0.2, 0.25) is 0 Å². The molecule has 0 saturated carbocycles. The molecule has 0 saturated heterocycles. The van der Waals surface area contributed by atoms with E-state index < -0.39 is 5.97 Å². The molecule has 0 bridgehead atoms. The zero-order valence-electron chi connectivity index (χ0n) is 15.4. The highest BCUT2D eigenvalue weighted by Gasteiger charge is 2.19. The second-order valence-electron chi connectivity index (χ2n) is 6.55. The molecule has 0 aliphatic heterocycles. The number of fused-ring (bicyclic) bond motifs is 1. The zero-order valence-corrected chi connectivity index (χ0v) is 15.4. The van der Waals surface area contributed by atoms with Gasteiger partial charge in [0, 0.05) is 41.3 Å². The number of rotatable bonds is 6. The van der Waals surface area contributed by atoms with Crippen molar-refractivity contribution >= 4 is 22.6 Å². The third-order valence-corrected chi connectivity index (χ3v) is 4.71. The number of nitrogen functional groups attached to an aromatic ring is 1. The molecule has 26 heavy (non-hydrogen) atoms. The van der Waals surface area contributed by atoms with Crippen molar-refractivity contribution in [2.75, 3.05) is 12.8 Å². The molecule has 136 valence electrons. The lowest BCUT2D eigenvalue weighted by Crippen LogP contribution is -2.06. The van der Waals surface area contributed by atoms with Gasteiger partial charge in [-0.25, -0.2) is 4.79 Å². The van der Waals surface area contributed by atoms with Crippen LogP contribution in [-0.2, 0) is 13.0 Å². The molecule has 5 heteroatoms. The van der Waals surface area contributed by atoms with Crippen LogP contribution >= 0.6 is 0 Å². The summed E-state index contributed by atoms with van der Waals surface area (Å²) in [5, 5.41) is 10.7. The van der Waals surface area contributed by atoms with Crippen LogP contribution < -0.4 is 10.5 Å². The second kappa shape index (κ2) is 7.12. The largest absolute Gasteiger partial charge is 0.496 e. The Balaban J connectivity index is 2.19. The summed E-state index contributed by atoms with van der Waals surface area (Å²) in [5.41, 5.74) is 10.7. The molecular formula is C21H24N2O3. The molecule has 3 aromatic rings. The lowest BCUT2D eigenvalue weighted by Gasteiger charge is -2.14. The Morgan fingerprint density at radius 3 is 2.69 bits per heavy atom. The average molecular weight is 352 g/mol. The van der Waals surface area contributed by atoms with Crippen LogP contribution in [0.1, 0.15) is 40.4 Å². The van der Waals surface area contributed by atoms with Gasteiger partial charge in [0.1, 0.15) is 5.75 Å². The van der Waals surface area contributed by atoms with E-state index in [0.29, 0.717) is 23.4 Å². The van der Waals surface area contributed by atoms with Crippen molar-refractivity contribution in [2.45, 2.75) is 33.2 Å². The molecule has 3 rings (SSSR count). The average Bonchev–Trinajstić information content (AvgIpc) is 2.92. The van der Waals surface area contributed by atoms with Gasteiger partial charge in [0.05, 0.1) is 12.7 Å². The first-order valence-corrected chi connectivity index (χ1v) is 8.73. The summed E-state index contributed by atoms with van der Waals surface area (Å²) < 4.78 is 7.74. The normalized spacial score (nSPS) is 11.0. The van der Waals surface area contributed by atoms with Crippen molar-refractivity contribution in [1.29, 1.82) is 0 Å². The van der Waals surface area contributed by atoms with E-state index in [4.69, 9.17) is 10.5 Å². The first-order valence-electron chi connectivity index (χ1n) is 8.73. The molecule has 0 spiro atoms. The molecule has 1 aromatic heterocycles. The van der Waals surface area contributed by atoms with Crippen molar-refractivity contribution in [2.24, 2.45) is 0 Å². The number of anilines is 1. The summed E-state index contributed by atoms with van der Waals surface area (Å²) >= 11 is 0. The number of carboxylic acid groups (broad SMARTS) is 1. The van der Waals surface area contributed by atoms with Gasteiger partial charge in [-0.3, -0.25) is 0 Å². The fourth-order valence-corrected chi connectivity index (χ4v) is 3.55. The van der Waals surface area contributed by atoms with E-state index in [-0.39, 0.29) is 5.56 Å². The number of aromatic nitrogens is 1. The zero-order chi connectivity index (χ0) is 18.8. The SMILES string of the molecule is CCCn1cc(Cc2c(C(=O)O)ccc(C)c2OC)c2cc(N)ccc21. The summed E-state index contributed by atoms with van der Waals surface area (Å²) in [5.74, 6) is -0.319. The molecule has 0 unspecified atom stereocenters. The van der Waals surface area contributed by atoms with Gasteiger partial charge in [0.15, 0.2) is 0 Å². The molecule has 0 atom stereocenters. The fourth-order valence-electron chi connectivity index (χ4n) is 3.55. The van der Waals surface area contributed by atoms with Gasteiger partial charge < -0.3 is 20.1 Å².